The van der Waals surface area contributed by atoms with Crippen LogP contribution in [0.15, 0.2) is 18.2 Å². The van der Waals surface area contributed by atoms with E-state index in [4.69, 9.17) is 22.4 Å². The number of hydrogen-bond donors (Lipinski definition) is 4. The van der Waals surface area contributed by atoms with E-state index in [9.17, 15) is 31.5 Å². The van der Waals surface area contributed by atoms with Crippen molar-refractivity contribution >= 4 is 46.1 Å². The predicted octanol–water partition coefficient (Wildman–Crippen LogP) is 3.75. The fourth-order valence-corrected chi connectivity index (χ4v) is 3.88. The number of amides is 2. The van der Waals surface area contributed by atoms with Crippen LogP contribution in [-0.4, -0.2) is 49.0 Å². The molecule has 1 aliphatic heterocycles. The number of fused-ring (bicyclic) bond motifs is 2. The largest absolute Gasteiger partial charge is 0.465 e. The molecule has 0 saturated carbocycles. The Kier molecular flexibility index (Phi) is 5.50. The molecule has 0 radical (unpaired) electrons. The average Bonchev–Trinajstić information content (AvgIpc) is 3.19. The highest BCUT2D eigenvalue weighted by molar-refractivity contribution is 6.31. The summed E-state index contributed by atoms with van der Waals surface area (Å²) in [5, 5.41) is 18.1. The molecule has 35 heavy (non-hydrogen) atoms. The number of rotatable bonds is 5. The Morgan fingerprint density at radius 1 is 1.29 bits per heavy atom. The SMILES string of the molecule is CC1(NC(=O)O)C(=O)Nc2nc(-c3nn(CCC(F)(F)C(F)(F)F)c4cc(Cl)ccc34)nc(N)c21. The number of aromatic nitrogens is 4. The minimum atomic E-state index is -5.73. The first-order chi connectivity index (χ1) is 16.1. The molecule has 3 heterocycles. The highest BCUT2D eigenvalue weighted by Gasteiger charge is 2.56. The van der Waals surface area contributed by atoms with E-state index >= 15 is 0 Å². The van der Waals surface area contributed by atoms with Gasteiger partial charge in [0.25, 0.3) is 5.91 Å². The lowest BCUT2D eigenvalue weighted by Crippen LogP contribution is -2.48. The van der Waals surface area contributed by atoms with Crippen LogP contribution in [0.2, 0.25) is 5.02 Å². The number of aryl methyl sites for hydroxylation is 1. The molecule has 1 unspecified atom stereocenters. The number of nitrogen functional groups attached to an aromatic ring is 1. The molecule has 5 N–H and O–H groups in total. The molecule has 0 bridgehead atoms. The summed E-state index contributed by atoms with van der Waals surface area (Å²) in [6, 6.07) is 4.21. The number of carbonyl (C=O) groups is 2. The number of hydrogen-bond acceptors (Lipinski definition) is 6. The van der Waals surface area contributed by atoms with Crippen LogP contribution in [0.1, 0.15) is 18.9 Å². The number of carboxylic acid groups (broad SMARTS) is 1. The summed E-state index contributed by atoms with van der Waals surface area (Å²) in [6.07, 6.45) is -8.82. The maximum Gasteiger partial charge on any atom is 0.453 e. The number of nitrogens with one attached hydrogen (secondary N) is 2. The lowest BCUT2D eigenvalue weighted by Gasteiger charge is -2.22. The van der Waals surface area contributed by atoms with Gasteiger partial charge in [-0.2, -0.15) is 27.1 Å². The summed E-state index contributed by atoms with van der Waals surface area (Å²) < 4.78 is 65.8. The third-order valence-corrected chi connectivity index (χ3v) is 5.69. The molecular weight excluding hydrogens is 505 g/mol. The van der Waals surface area contributed by atoms with Gasteiger partial charge in [0.05, 0.1) is 11.1 Å². The van der Waals surface area contributed by atoms with Crippen LogP contribution in [-0.2, 0) is 16.9 Å². The predicted molar refractivity (Wildman–Crippen MR) is 113 cm³/mol. The van der Waals surface area contributed by atoms with Crippen LogP contribution < -0.4 is 16.4 Å². The van der Waals surface area contributed by atoms with Crippen molar-refractivity contribution in [3.63, 3.8) is 0 Å². The van der Waals surface area contributed by atoms with Gasteiger partial charge in [-0.3, -0.25) is 9.48 Å². The van der Waals surface area contributed by atoms with Crippen molar-refractivity contribution in [3.05, 3.63) is 28.8 Å². The smallest absolute Gasteiger partial charge is 0.453 e. The minimum absolute atomic E-state index is 0.0319. The topological polar surface area (TPSA) is 148 Å². The standard InChI is InChI=1S/C19H15ClF5N7O3/c1-17(30-16(34)35)10-12(26)27-14(28-13(10)29-15(17)33)11-8-3-2-7(20)6-9(8)32(31-11)5-4-18(21,22)19(23,24)25/h2-3,6,30H,4-5H2,1H3,(H,34,35)(H3,26,27,28,29,33). The van der Waals surface area contributed by atoms with Crippen molar-refractivity contribution in [2.24, 2.45) is 0 Å². The average molecular weight is 520 g/mol. The highest BCUT2D eigenvalue weighted by Crippen LogP contribution is 2.41. The van der Waals surface area contributed by atoms with E-state index in [1.807, 2.05) is 0 Å². The number of anilines is 2. The highest BCUT2D eigenvalue weighted by atomic mass is 35.5. The van der Waals surface area contributed by atoms with Gasteiger partial charge in [-0.25, -0.2) is 14.8 Å². The first kappa shape index (κ1) is 24.4. The number of nitrogens with two attached hydrogens (primary N) is 1. The molecule has 1 aliphatic rings. The fourth-order valence-electron chi connectivity index (χ4n) is 3.72. The van der Waals surface area contributed by atoms with Gasteiger partial charge < -0.3 is 21.5 Å². The summed E-state index contributed by atoms with van der Waals surface area (Å²) in [5.41, 5.74) is 4.28. The van der Waals surface area contributed by atoms with Crippen LogP contribution in [0, 0.1) is 0 Å². The van der Waals surface area contributed by atoms with Gasteiger partial charge in [-0.1, -0.05) is 11.6 Å². The van der Waals surface area contributed by atoms with Crippen LogP contribution in [0.3, 0.4) is 0 Å². The molecule has 2 amide bonds. The number of nitrogens with zero attached hydrogens (tertiary/aromatic N) is 4. The number of benzene rings is 1. The zero-order chi connectivity index (χ0) is 25.9. The molecule has 2 aromatic heterocycles. The Hall–Kier alpha value is -3.75. The van der Waals surface area contributed by atoms with Crippen LogP contribution in [0.4, 0.5) is 38.4 Å². The molecule has 3 aromatic rings. The van der Waals surface area contributed by atoms with Crippen LogP contribution in [0.25, 0.3) is 22.4 Å². The molecule has 4 rings (SSSR count). The Balaban J connectivity index is 1.81. The van der Waals surface area contributed by atoms with E-state index in [-0.39, 0.29) is 44.6 Å². The van der Waals surface area contributed by atoms with Crippen molar-refractivity contribution in [1.82, 2.24) is 25.1 Å². The van der Waals surface area contributed by atoms with Crippen molar-refractivity contribution in [2.45, 2.75) is 37.5 Å². The molecule has 1 atom stereocenters. The first-order valence-corrected chi connectivity index (χ1v) is 10.1. The minimum Gasteiger partial charge on any atom is -0.465 e. The second kappa shape index (κ2) is 7.90. The maximum atomic E-state index is 13.5. The summed E-state index contributed by atoms with van der Waals surface area (Å²) in [5.74, 6) is -6.31. The summed E-state index contributed by atoms with van der Waals surface area (Å²) in [7, 11) is 0. The van der Waals surface area contributed by atoms with Gasteiger partial charge in [0.1, 0.15) is 17.3 Å². The van der Waals surface area contributed by atoms with Gasteiger partial charge in [-0.15, -0.1) is 0 Å². The zero-order valence-electron chi connectivity index (χ0n) is 17.5. The number of alkyl halides is 5. The van der Waals surface area contributed by atoms with Crippen LogP contribution in [0.5, 0.6) is 0 Å². The van der Waals surface area contributed by atoms with E-state index in [1.54, 1.807) is 0 Å². The van der Waals surface area contributed by atoms with Crippen LogP contribution >= 0.6 is 11.6 Å². The van der Waals surface area contributed by atoms with Crippen molar-refractivity contribution in [3.8, 4) is 11.5 Å². The first-order valence-electron chi connectivity index (χ1n) is 9.75. The second-order valence-corrected chi connectivity index (χ2v) is 8.29. The van der Waals surface area contributed by atoms with Crippen molar-refractivity contribution in [2.75, 3.05) is 11.1 Å². The quantitative estimate of drug-likeness (QED) is 0.375. The van der Waals surface area contributed by atoms with E-state index in [0.29, 0.717) is 0 Å². The summed E-state index contributed by atoms with van der Waals surface area (Å²) >= 11 is 5.98. The van der Waals surface area contributed by atoms with E-state index in [2.05, 4.69) is 25.7 Å². The van der Waals surface area contributed by atoms with Gasteiger partial charge >= 0.3 is 18.2 Å². The molecule has 0 aliphatic carbocycles. The lowest BCUT2D eigenvalue weighted by atomic mass is 9.95. The Morgan fingerprint density at radius 3 is 2.60 bits per heavy atom. The fraction of sp³-hybridized carbons (Fsp3) is 0.316. The second-order valence-electron chi connectivity index (χ2n) is 7.85. The Bertz CT molecular complexity index is 1380. The van der Waals surface area contributed by atoms with E-state index in [0.717, 1.165) is 4.68 Å². The van der Waals surface area contributed by atoms with Crippen molar-refractivity contribution < 1.29 is 36.6 Å². The monoisotopic (exact) mass is 519 g/mol. The third kappa shape index (κ3) is 4.05. The normalized spacial score (nSPS) is 18.0. The number of carbonyl (C=O) groups excluding carboxylic acids is 1. The van der Waals surface area contributed by atoms with E-state index < -0.39 is 42.6 Å². The molecule has 0 spiro atoms. The molecule has 0 fully saturated rings. The molecule has 0 saturated heterocycles. The molecule has 1 aromatic carbocycles. The van der Waals surface area contributed by atoms with E-state index in [1.165, 1.54) is 25.1 Å². The van der Waals surface area contributed by atoms with Gasteiger partial charge in [0.15, 0.2) is 11.4 Å². The Morgan fingerprint density at radius 2 is 1.97 bits per heavy atom. The molecule has 16 heteroatoms. The van der Waals surface area contributed by atoms with Gasteiger partial charge in [-0.05, 0) is 25.1 Å². The Labute approximate surface area is 197 Å². The zero-order valence-corrected chi connectivity index (χ0v) is 18.3. The summed E-state index contributed by atoms with van der Waals surface area (Å²) in [6.45, 7) is 0.440. The molecule has 186 valence electrons. The maximum absolute atomic E-state index is 13.5. The van der Waals surface area contributed by atoms with Gasteiger partial charge in [0.2, 0.25) is 0 Å². The van der Waals surface area contributed by atoms with Gasteiger partial charge in [0, 0.05) is 23.4 Å². The third-order valence-electron chi connectivity index (χ3n) is 5.46. The molecular formula is C19H15ClF5N7O3. The van der Waals surface area contributed by atoms with Crippen molar-refractivity contribution in [1.29, 1.82) is 0 Å². The molecule has 10 nitrogen and oxygen atoms in total. The lowest BCUT2D eigenvalue weighted by molar-refractivity contribution is -0.285. The number of halogens is 6. The summed E-state index contributed by atoms with van der Waals surface area (Å²) in [4.78, 5) is 31.9.